The zero-order valence-electron chi connectivity index (χ0n) is 14.4. The van der Waals surface area contributed by atoms with Crippen LogP contribution in [0.5, 0.6) is 5.75 Å². The van der Waals surface area contributed by atoms with Crippen molar-refractivity contribution in [2.75, 3.05) is 7.11 Å². The molecule has 0 N–H and O–H groups in total. The van der Waals surface area contributed by atoms with Crippen molar-refractivity contribution >= 4 is 18.1 Å². The Hall–Kier alpha value is -3.08. The largest absolute Gasteiger partial charge is 0.497 e. The van der Waals surface area contributed by atoms with Gasteiger partial charge in [0.15, 0.2) is 0 Å². The fraction of sp³-hybridized carbons (Fsp3) is 0.200. The van der Waals surface area contributed by atoms with Crippen LogP contribution in [0.4, 0.5) is 4.79 Å². The average Bonchev–Trinajstić information content (AvgIpc) is 2.84. The Labute approximate surface area is 146 Å². The van der Waals surface area contributed by atoms with E-state index in [1.807, 2.05) is 30.3 Å². The molecule has 3 rings (SSSR count). The lowest BCUT2D eigenvalue weighted by Crippen LogP contribution is -2.32. The highest BCUT2D eigenvalue weighted by Crippen LogP contribution is 2.35. The third-order valence-electron chi connectivity index (χ3n) is 4.03. The second-order valence-corrected chi connectivity index (χ2v) is 6.19. The third kappa shape index (κ3) is 3.26. The zero-order chi connectivity index (χ0) is 18.0. The van der Waals surface area contributed by atoms with Crippen molar-refractivity contribution < 1.29 is 19.1 Å². The predicted molar refractivity (Wildman–Crippen MR) is 94.1 cm³/mol. The van der Waals surface area contributed by atoms with Crippen molar-refractivity contribution in [1.82, 2.24) is 4.90 Å². The standard InChI is InChI=1S/C20H19NO4/c1-20(2)17(13-14-9-11-16(24-3)12-10-14)21(19(23)25-20)18(22)15-7-5-4-6-8-15/h4-13H,1-3H3/b17-13-. The minimum atomic E-state index is -0.901. The van der Waals surface area contributed by atoms with Crippen LogP contribution in [0.25, 0.3) is 6.08 Å². The Morgan fingerprint density at radius 3 is 2.32 bits per heavy atom. The highest BCUT2D eigenvalue weighted by atomic mass is 16.6. The van der Waals surface area contributed by atoms with Crippen LogP contribution in [0.2, 0.25) is 0 Å². The summed E-state index contributed by atoms with van der Waals surface area (Å²) in [5.41, 5.74) is 0.865. The maximum atomic E-state index is 12.8. The van der Waals surface area contributed by atoms with E-state index >= 15 is 0 Å². The van der Waals surface area contributed by atoms with Gasteiger partial charge in [-0.3, -0.25) is 4.79 Å². The average molecular weight is 337 g/mol. The molecule has 1 fully saturated rings. The number of ether oxygens (including phenoxy) is 2. The number of nitrogens with zero attached hydrogens (tertiary/aromatic N) is 1. The van der Waals surface area contributed by atoms with E-state index < -0.39 is 17.6 Å². The van der Waals surface area contributed by atoms with Crippen molar-refractivity contribution in [3.63, 3.8) is 0 Å². The van der Waals surface area contributed by atoms with Crippen LogP contribution in [0.1, 0.15) is 29.8 Å². The molecular formula is C20H19NO4. The number of cyclic esters (lactones) is 1. The maximum Gasteiger partial charge on any atom is 0.422 e. The highest BCUT2D eigenvalue weighted by Gasteiger charge is 2.46. The van der Waals surface area contributed by atoms with E-state index in [2.05, 4.69) is 0 Å². The molecule has 5 nitrogen and oxygen atoms in total. The number of imide groups is 1. The van der Waals surface area contributed by atoms with E-state index in [-0.39, 0.29) is 0 Å². The second-order valence-electron chi connectivity index (χ2n) is 6.19. The van der Waals surface area contributed by atoms with Gasteiger partial charge in [-0.05, 0) is 49.8 Å². The summed E-state index contributed by atoms with van der Waals surface area (Å²) >= 11 is 0. The maximum absolute atomic E-state index is 12.8. The van der Waals surface area contributed by atoms with Crippen LogP contribution in [0.15, 0.2) is 60.3 Å². The third-order valence-corrected chi connectivity index (χ3v) is 4.03. The molecule has 128 valence electrons. The Kier molecular flexibility index (Phi) is 4.31. The summed E-state index contributed by atoms with van der Waals surface area (Å²) in [6.07, 6.45) is 1.11. The first-order chi connectivity index (χ1) is 11.9. The molecule has 0 aliphatic carbocycles. The first-order valence-corrected chi connectivity index (χ1v) is 7.91. The number of benzene rings is 2. The van der Waals surface area contributed by atoms with Crippen molar-refractivity contribution in [3.05, 3.63) is 71.4 Å². The molecule has 1 saturated heterocycles. The van der Waals surface area contributed by atoms with Gasteiger partial charge in [-0.15, -0.1) is 0 Å². The van der Waals surface area contributed by atoms with Gasteiger partial charge in [-0.1, -0.05) is 30.3 Å². The number of amides is 2. The normalized spacial score (nSPS) is 17.5. The number of hydrogen-bond acceptors (Lipinski definition) is 4. The summed E-state index contributed by atoms with van der Waals surface area (Å²) in [5.74, 6) is 0.327. The smallest absolute Gasteiger partial charge is 0.422 e. The van der Waals surface area contributed by atoms with Gasteiger partial charge < -0.3 is 9.47 Å². The lowest BCUT2D eigenvalue weighted by atomic mass is 10.0. The number of rotatable bonds is 3. The van der Waals surface area contributed by atoms with Crippen LogP contribution in [0.3, 0.4) is 0 Å². The van der Waals surface area contributed by atoms with Gasteiger partial charge in [0.25, 0.3) is 5.91 Å². The van der Waals surface area contributed by atoms with Gasteiger partial charge in [-0.2, -0.15) is 0 Å². The van der Waals surface area contributed by atoms with Gasteiger partial charge >= 0.3 is 6.09 Å². The van der Waals surface area contributed by atoms with Crippen molar-refractivity contribution in [2.24, 2.45) is 0 Å². The minimum Gasteiger partial charge on any atom is -0.497 e. The molecular weight excluding hydrogens is 318 g/mol. The molecule has 1 aliphatic rings. The van der Waals surface area contributed by atoms with Gasteiger partial charge in [0.1, 0.15) is 11.4 Å². The van der Waals surface area contributed by atoms with Crippen LogP contribution in [0, 0.1) is 0 Å². The number of carbonyl (C=O) groups excluding carboxylic acids is 2. The Morgan fingerprint density at radius 2 is 1.72 bits per heavy atom. The molecule has 2 amide bonds. The molecule has 25 heavy (non-hydrogen) atoms. The number of methoxy groups -OCH3 is 1. The van der Waals surface area contributed by atoms with Crippen LogP contribution in [-0.4, -0.2) is 29.6 Å². The first-order valence-electron chi connectivity index (χ1n) is 7.91. The Morgan fingerprint density at radius 1 is 1.08 bits per heavy atom. The molecule has 0 radical (unpaired) electrons. The van der Waals surface area contributed by atoms with Crippen molar-refractivity contribution in [2.45, 2.75) is 19.4 Å². The second kappa shape index (κ2) is 6.43. The Balaban J connectivity index is 2.01. The predicted octanol–water partition coefficient (Wildman–Crippen LogP) is 4.11. The lowest BCUT2D eigenvalue weighted by Gasteiger charge is -2.20. The van der Waals surface area contributed by atoms with E-state index in [1.54, 1.807) is 51.3 Å². The molecule has 0 aromatic heterocycles. The molecule has 1 heterocycles. The van der Waals surface area contributed by atoms with E-state index in [0.717, 1.165) is 16.2 Å². The zero-order valence-corrected chi connectivity index (χ0v) is 14.4. The summed E-state index contributed by atoms with van der Waals surface area (Å²) in [4.78, 5) is 26.2. The summed E-state index contributed by atoms with van der Waals surface area (Å²) in [5, 5.41) is 0. The summed E-state index contributed by atoms with van der Waals surface area (Å²) in [7, 11) is 1.60. The molecule has 1 aliphatic heterocycles. The van der Waals surface area contributed by atoms with Crippen LogP contribution in [-0.2, 0) is 4.74 Å². The first kappa shape index (κ1) is 16.8. The molecule has 2 aromatic carbocycles. The molecule has 0 bridgehead atoms. The lowest BCUT2D eigenvalue weighted by molar-refractivity contribution is 0.0792. The highest BCUT2D eigenvalue weighted by molar-refractivity contribution is 6.06. The van der Waals surface area contributed by atoms with Crippen LogP contribution >= 0.6 is 0 Å². The van der Waals surface area contributed by atoms with E-state index in [4.69, 9.17) is 9.47 Å². The van der Waals surface area contributed by atoms with Crippen LogP contribution < -0.4 is 4.74 Å². The van der Waals surface area contributed by atoms with E-state index in [1.165, 1.54) is 0 Å². The molecule has 0 saturated carbocycles. The minimum absolute atomic E-state index is 0.407. The molecule has 0 spiro atoms. The number of hydrogen-bond donors (Lipinski definition) is 0. The number of carbonyl (C=O) groups is 2. The topological polar surface area (TPSA) is 55.8 Å². The SMILES string of the molecule is COc1ccc(/C=C2\N(C(=O)c3ccccc3)C(=O)OC2(C)C)cc1. The van der Waals surface area contributed by atoms with E-state index in [9.17, 15) is 9.59 Å². The van der Waals surface area contributed by atoms with Crippen molar-refractivity contribution in [1.29, 1.82) is 0 Å². The quantitative estimate of drug-likeness (QED) is 0.846. The Bertz CT molecular complexity index is 823. The molecule has 2 aromatic rings. The van der Waals surface area contributed by atoms with Gasteiger partial charge in [0.2, 0.25) is 0 Å². The summed E-state index contributed by atoms with van der Waals surface area (Å²) < 4.78 is 10.6. The van der Waals surface area contributed by atoms with E-state index in [0.29, 0.717) is 11.3 Å². The van der Waals surface area contributed by atoms with Gasteiger partial charge in [0.05, 0.1) is 12.8 Å². The fourth-order valence-corrected chi connectivity index (χ4v) is 2.68. The molecule has 5 heteroatoms. The fourth-order valence-electron chi connectivity index (χ4n) is 2.68. The monoisotopic (exact) mass is 337 g/mol. The van der Waals surface area contributed by atoms with Gasteiger partial charge in [0, 0.05) is 5.56 Å². The molecule has 0 unspecified atom stereocenters. The van der Waals surface area contributed by atoms with Crippen molar-refractivity contribution in [3.8, 4) is 5.75 Å². The van der Waals surface area contributed by atoms with Gasteiger partial charge in [-0.25, -0.2) is 9.69 Å². The summed E-state index contributed by atoms with van der Waals surface area (Å²) in [6, 6.07) is 16.0. The molecule has 0 atom stereocenters. The summed E-state index contributed by atoms with van der Waals surface area (Å²) in [6.45, 7) is 3.52.